The maximum Gasteiger partial charge on any atom is 0.482 e. The Morgan fingerprint density at radius 1 is 1.10 bits per heavy atom. The molecular formula is C14H9ClF3NO2. The molecule has 0 unspecified atom stereocenters. The Balaban J connectivity index is 2.10. The molecule has 0 fully saturated rings. The number of ether oxygens (including phenoxy) is 1. The lowest BCUT2D eigenvalue weighted by Crippen LogP contribution is -2.40. The monoisotopic (exact) mass is 315 g/mol. The van der Waals surface area contributed by atoms with Gasteiger partial charge in [-0.25, -0.2) is 4.39 Å². The van der Waals surface area contributed by atoms with Gasteiger partial charge in [-0.05, 0) is 36.4 Å². The first kappa shape index (κ1) is 15.2. The predicted octanol–water partition coefficient (Wildman–Crippen LogP) is 4.09. The number of benzene rings is 2. The van der Waals surface area contributed by atoms with E-state index in [1.807, 2.05) is 0 Å². The van der Waals surface area contributed by atoms with Crippen LogP contribution in [-0.2, 0) is 4.79 Å². The summed E-state index contributed by atoms with van der Waals surface area (Å²) in [4.78, 5) is 11.5. The molecule has 0 heterocycles. The van der Waals surface area contributed by atoms with Crippen LogP contribution in [0.15, 0.2) is 48.5 Å². The number of para-hydroxylation sites is 1. The van der Waals surface area contributed by atoms with Crippen molar-refractivity contribution in [1.29, 1.82) is 0 Å². The highest BCUT2D eigenvalue weighted by Crippen LogP contribution is 2.25. The van der Waals surface area contributed by atoms with Gasteiger partial charge in [0.25, 0.3) is 0 Å². The molecule has 0 aromatic heterocycles. The third kappa shape index (κ3) is 3.88. The van der Waals surface area contributed by atoms with Gasteiger partial charge in [0.2, 0.25) is 0 Å². The zero-order valence-corrected chi connectivity index (χ0v) is 11.2. The predicted molar refractivity (Wildman–Crippen MR) is 72.1 cm³/mol. The van der Waals surface area contributed by atoms with Crippen LogP contribution < -0.4 is 10.1 Å². The summed E-state index contributed by atoms with van der Waals surface area (Å²) in [7, 11) is 0. The van der Waals surface area contributed by atoms with E-state index >= 15 is 0 Å². The zero-order chi connectivity index (χ0) is 15.5. The Hall–Kier alpha value is -2.21. The van der Waals surface area contributed by atoms with Crippen LogP contribution in [0.2, 0.25) is 5.02 Å². The molecule has 1 amide bonds. The number of hydrogen-bond acceptors (Lipinski definition) is 2. The minimum absolute atomic E-state index is 0.243. The van der Waals surface area contributed by atoms with Crippen molar-refractivity contribution in [3.63, 3.8) is 0 Å². The molecule has 0 aliphatic rings. The van der Waals surface area contributed by atoms with Gasteiger partial charge in [-0.15, -0.1) is 0 Å². The van der Waals surface area contributed by atoms with Crippen LogP contribution in [0.4, 0.5) is 18.9 Å². The van der Waals surface area contributed by atoms with Crippen molar-refractivity contribution in [2.45, 2.75) is 6.11 Å². The molecule has 2 aromatic carbocycles. The maximum absolute atomic E-state index is 13.6. The fourth-order valence-electron chi connectivity index (χ4n) is 1.45. The molecule has 3 nitrogen and oxygen atoms in total. The lowest BCUT2D eigenvalue weighted by atomic mass is 10.3. The zero-order valence-electron chi connectivity index (χ0n) is 10.4. The van der Waals surface area contributed by atoms with Gasteiger partial charge in [0.1, 0.15) is 11.6 Å². The van der Waals surface area contributed by atoms with Gasteiger partial charge >= 0.3 is 12.0 Å². The van der Waals surface area contributed by atoms with Crippen molar-refractivity contribution >= 4 is 23.2 Å². The molecule has 2 aromatic rings. The van der Waals surface area contributed by atoms with Crippen LogP contribution in [0.5, 0.6) is 5.75 Å². The van der Waals surface area contributed by atoms with E-state index in [0.717, 1.165) is 12.1 Å². The molecular weight excluding hydrogens is 307 g/mol. The van der Waals surface area contributed by atoms with E-state index in [0.29, 0.717) is 5.02 Å². The van der Waals surface area contributed by atoms with Gasteiger partial charge in [0.15, 0.2) is 0 Å². The Kier molecular flexibility index (Phi) is 4.37. The highest BCUT2D eigenvalue weighted by Gasteiger charge is 2.42. The third-order valence-electron chi connectivity index (χ3n) is 2.45. The number of hydrogen-bond donors (Lipinski definition) is 1. The fourth-order valence-corrected chi connectivity index (χ4v) is 1.58. The van der Waals surface area contributed by atoms with Gasteiger partial charge in [-0.3, -0.25) is 4.79 Å². The smallest absolute Gasteiger partial charge is 0.425 e. The molecule has 21 heavy (non-hydrogen) atoms. The van der Waals surface area contributed by atoms with E-state index < -0.39 is 17.8 Å². The summed E-state index contributed by atoms with van der Waals surface area (Å²) in [6.07, 6.45) is -4.16. The van der Waals surface area contributed by atoms with E-state index in [1.165, 1.54) is 36.4 Å². The summed E-state index contributed by atoms with van der Waals surface area (Å²) < 4.78 is 44.9. The minimum Gasteiger partial charge on any atom is -0.425 e. The lowest BCUT2D eigenvalue weighted by Gasteiger charge is -2.17. The molecule has 0 atom stereocenters. The summed E-state index contributed by atoms with van der Waals surface area (Å²) in [5, 5.41) is 2.10. The van der Waals surface area contributed by atoms with Crippen molar-refractivity contribution in [1.82, 2.24) is 0 Å². The fraction of sp³-hybridized carbons (Fsp3) is 0.0714. The maximum atomic E-state index is 13.6. The van der Waals surface area contributed by atoms with Crippen LogP contribution in [0, 0.1) is 5.82 Å². The lowest BCUT2D eigenvalue weighted by molar-refractivity contribution is -0.187. The van der Waals surface area contributed by atoms with Crippen molar-refractivity contribution in [2.24, 2.45) is 0 Å². The Bertz CT molecular complexity index is 647. The van der Waals surface area contributed by atoms with Gasteiger partial charge < -0.3 is 10.1 Å². The van der Waals surface area contributed by atoms with E-state index in [-0.39, 0.29) is 11.4 Å². The van der Waals surface area contributed by atoms with Gasteiger partial charge in [-0.2, -0.15) is 8.78 Å². The molecule has 0 radical (unpaired) electrons. The number of nitrogens with one attached hydrogen (secondary N) is 1. The van der Waals surface area contributed by atoms with Crippen molar-refractivity contribution < 1.29 is 22.7 Å². The number of halogens is 4. The van der Waals surface area contributed by atoms with E-state index in [1.54, 1.807) is 5.32 Å². The molecule has 0 bridgehead atoms. The quantitative estimate of drug-likeness (QED) is 0.923. The second kappa shape index (κ2) is 6.05. The van der Waals surface area contributed by atoms with E-state index in [9.17, 15) is 18.0 Å². The molecule has 0 spiro atoms. The molecule has 0 aliphatic carbocycles. The third-order valence-corrected chi connectivity index (χ3v) is 2.70. The molecule has 0 saturated heterocycles. The average Bonchev–Trinajstić information content (AvgIpc) is 2.43. The second-order valence-corrected chi connectivity index (χ2v) is 4.44. The summed E-state index contributed by atoms with van der Waals surface area (Å²) in [5.74, 6) is -2.84. The summed E-state index contributed by atoms with van der Waals surface area (Å²) >= 11 is 5.61. The Labute approximate surface area is 123 Å². The number of alkyl halides is 2. The summed E-state index contributed by atoms with van der Waals surface area (Å²) in [6.45, 7) is 0. The largest absolute Gasteiger partial charge is 0.482 e. The summed E-state index contributed by atoms with van der Waals surface area (Å²) in [6, 6.07) is 10.0. The second-order valence-electron chi connectivity index (χ2n) is 4.01. The minimum atomic E-state index is -4.16. The standard InChI is InChI=1S/C14H9ClF3NO2/c15-9-5-7-10(8-6-9)21-14(17,18)13(20)19-12-4-2-1-3-11(12)16/h1-8H,(H,19,20). The van der Waals surface area contributed by atoms with Crippen LogP contribution in [0.3, 0.4) is 0 Å². The Morgan fingerprint density at radius 3 is 2.33 bits per heavy atom. The first-order chi connectivity index (χ1) is 9.88. The van der Waals surface area contributed by atoms with Gasteiger partial charge in [0, 0.05) is 5.02 Å². The summed E-state index contributed by atoms with van der Waals surface area (Å²) in [5.41, 5.74) is -0.359. The number of carbonyl (C=O) groups is 1. The van der Waals surface area contributed by atoms with Gasteiger partial charge in [0.05, 0.1) is 5.69 Å². The topological polar surface area (TPSA) is 38.3 Å². The van der Waals surface area contributed by atoms with Crippen LogP contribution in [0.25, 0.3) is 0 Å². The molecule has 7 heteroatoms. The molecule has 0 saturated carbocycles. The molecule has 110 valence electrons. The highest BCUT2D eigenvalue weighted by atomic mass is 35.5. The van der Waals surface area contributed by atoms with E-state index in [2.05, 4.69) is 4.74 Å². The first-order valence-electron chi connectivity index (χ1n) is 5.77. The van der Waals surface area contributed by atoms with Crippen LogP contribution >= 0.6 is 11.6 Å². The average molecular weight is 316 g/mol. The highest BCUT2D eigenvalue weighted by molar-refractivity contribution is 6.30. The molecule has 2 rings (SSSR count). The number of carbonyl (C=O) groups excluding carboxylic acids is 1. The SMILES string of the molecule is O=C(Nc1ccccc1F)C(F)(F)Oc1ccc(Cl)cc1. The normalized spacial score (nSPS) is 11.0. The Morgan fingerprint density at radius 2 is 1.71 bits per heavy atom. The van der Waals surface area contributed by atoms with Crippen molar-refractivity contribution in [2.75, 3.05) is 5.32 Å². The van der Waals surface area contributed by atoms with Crippen molar-refractivity contribution in [3.05, 3.63) is 59.4 Å². The van der Waals surface area contributed by atoms with Crippen molar-refractivity contribution in [3.8, 4) is 5.75 Å². The number of amides is 1. The van der Waals surface area contributed by atoms with E-state index in [4.69, 9.17) is 11.6 Å². The molecule has 1 N–H and O–H groups in total. The molecule has 0 aliphatic heterocycles. The van der Waals surface area contributed by atoms with Crippen LogP contribution in [0.1, 0.15) is 0 Å². The first-order valence-corrected chi connectivity index (χ1v) is 6.14. The van der Waals surface area contributed by atoms with Crippen LogP contribution in [-0.4, -0.2) is 12.0 Å². The van der Waals surface area contributed by atoms with Gasteiger partial charge in [-0.1, -0.05) is 23.7 Å². The number of anilines is 1. The number of rotatable bonds is 4.